The molecule has 1 aliphatic rings. The van der Waals surface area contributed by atoms with E-state index in [-0.39, 0.29) is 5.91 Å². The molecule has 0 radical (unpaired) electrons. The number of nitrogens with one attached hydrogen (secondary N) is 1. The summed E-state index contributed by atoms with van der Waals surface area (Å²) in [6, 6.07) is 7.21. The number of aromatic amines is 1. The van der Waals surface area contributed by atoms with Crippen LogP contribution in [-0.4, -0.2) is 41.0 Å². The number of likely N-dealkylation sites (tertiary alicyclic amines) is 1. The zero-order chi connectivity index (χ0) is 19.0. The van der Waals surface area contributed by atoms with Gasteiger partial charge >= 0.3 is 0 Å². The first-order valence-corrected chi connectivity index (χ1v) is 9.59. The summed E-state index contributed by atoms with van der Waals surface area (Å²) in [5, 5.41) is 0.731. The van der Waals surface area contributed by atoms with Gasteiger partial charge in [0, 0.05) is 25.5 Å². The minimum atomic E-state index is -0.144. The number of halogens is 2. The van der Waals surface area contributed by atoms with E-state index in [1.54, 1.807) is 12.1 Å². The van der Waals surface area contributed by atoms with E-state index in [0.717, 1.165) is 23.9 Å². The van der Waals surface area contributed by atoms with Crippen molar-refractivity contribution in [1.82, 2.24) is 14.9 Å². The number of nitrogens with zero attached hydrogens (tertiary/aromatic N) is 2. The second-order valence-corrected chi connectivity index (χ2v) is 7.46. The van der Waals surface area contributed by atoms with Crippen molar-refractivity contribution < 1.29 is 9.53 Å². The second kappa shape index (κ2) is 7.41. The number of H-pyrrole nitrogens is 1. The van der Waals surface area contributed by atoms with Crippen molar-refractivity contribution in [1.29, 1.82) is 0 Å². The Bertz CT molecular complexity index is 994. The fourth-order valence-electron chi connectivity index (χ4n) is 3.77. The maximum absolute atomic E-state index is 13.0. The number of carbonyl (C=O) groups is 1. The van der Waals surface area contributed by atoms with Gasteiger partial charge in [0.15, 0.2) is 5.75 Å². The highest BCUT2D eigenvalue weighted by atomic mass is 35.5. The molecule has 2 aromatic heterocycles. The maximum atomic E-state index is 13.0. The average Bonchev–Trinajstić information content (AvgIpc) is 3.13. The van der Waals surface area contributed by atoms with Crippen LogP contribution in [0.15, 0.2) is 36.7 Å². The molecule has 0 saturated carbocycles. The lowest BCUT2D eigenvalue weighted by Crippen LogP contribution is -2.38. The van der Waals surface area contributed by atoms with Gasteiger partial charge in [-0.2, -0.15) is 0 Å². The van der Waals surface area contributed by atoms with Gasteiger partial charge in [-0.1, -0.05) is 23.2 Å². The zero-order valence-corrected chi connectivity index (χ0v) is 16.3. The maximum Gasteiger partial charge on any atom is 0.259 e. The van der Waals surface area contributed by atoms with Gasteiger partial charge in [0.05, 0.1) is 28.2 Å². The summed E-state index contributed by atoms with van der Waals surface area (Å²) in [6.45, 7) is 1.30. The number of hydrogen-bond acceptors (Lipinski definition) is 3. The predicted octanol–water partition coefficient (Wildman–Crippen LogP) is 4.90. The Balaban J connectivity index is 1.53. The van der Waals surface area contributed by atoms with Gasteiger partial charge < -0.3 is 14.6 Å². The summed E-state index contributed by atoms with van der Waals surface area (Å²) in [5.74, 6) is 0.557. The lowest BCUT2D eigenvalue weighted by Gasteiger charge is -2.32. The number of fused-ring (bicyclic) bond motifs is 1. The van der Waals surface area contributed by atoms with Crippen LogP contribution in [-0.2, 0) is 0 Å². The van der Waals surface area contributed by atoms with Gasteiger partial charge in [-0.3, -0.25) is 9.78 Å². The molecule has 7 heteroatoms. The standard InChI is InChI=1S/C20H19Cl2N3O2/c1-27-19-15(22)5-4-14(21)17(19)20(26)25-9-6-12(7-10-25)13-11-24-16-3-2-8-23-18(13)16/h2-5,8,11-12,24H,6-7,9-10H2,1H3. The Morgan fingerprint density at radius 3 is 2.70 bits per heavy atom. The monoisotopic (exact) mass is 403 g/mol. The molecule has 1 aliphatic heterocycles. The zero-order valence-electron chi connectivity index (χ0n) is 14.8. The van der Waals surface area contributed by atoms with Crippen molar-refractivity contribution in [3.8, 4) is 5.75 Å². The number of rotatable bonds is 3. The third kappa shape index (κ3) is 3.26. The van der Waals surface area contributed by atoms with Gasteiger partial charge in [-0.15, -0.1) is 0 Å². The second-order valence-electron chi connectivity index (χ2n) is 6.65. The van der Waals surface area contributed by atoms with Crippen LogP contribution in [0.3, 0.4) is 0 Å². The number of amides is 1. The van der Waals surface area contributed by atoms with Crippen LogP contribution in [0.5, 0.6) is 5.75 Å². The quantitative estimate of drug-likeness (QED) is 0.676. The molecule has 0 bridgehead atoms. The first-order valence-electron chi connectivity index (χ1n) is 8.83. The molecular weight excluding hydrogens is 385 g/mol. The number of carbonyl (C=O) groups excluding carboxylic acids is 1. The Kier molecular flexibility index (Phi) is 4.98. The number of ether oxygens (including phenoxy) is 1. The highest BCUT2D eigenvalue weighted by Crippen LogP contribution is 2.37. The molecule has 1 aromatic carbocycles. The Hall–Kier alpha value is -2.24. The van der Waals surface area contributed by atoms with E-state index < -0.39 is 0 Å². The predicted molar refractivity (Wildman–Crippen MR) is 107 cm³/mol. The lowest BCUT2D eigenvalue weighted by molar-refractivity contribution is 0.0710. The van der Waals surface area contributed by atoms with Gasteiger partial charge in [-0.25, -0.2) is 0 Å². The van der Waals surface area contributed by atoms with Crippen LogP contribution in [0.25, 0.3) is 11.0 Å². The van der Waals surface area contributed by atoms with E-state index in [9.17, 15) is 4.79 Å². The summed E-state index contributed by atoms with van der Waals surface area (Å²) in [4.78, 5) is 22.6. The smallest absolute Gasteiger partial charge is 0.259 e. The summed E-state index contributed by atoms with van der Waals surface area (Å²) >= 11 is 12.4. The molecule has 0 atom stereocenters. The first kappa shape index (κ1) is 18.1. The summed E-state index contributed by atoms with van der Waals surface area (Å²) in [6.07, 6.45) is 5.59. The number of pyridine rings is 1. The minimum absolute atomic E-state index is 0.144. The minimum Gasteiger partial charge on any atom is -0.494 e. The van der Waals surface area contributed by atoms with E-state index in [1.807, 2.05) is 29.4 Å². The average molecular weight is 404 g/mol. The van der Waals surface area contributed by atoms with Crippen molar-refractivity contribution in [3.05, 3.63) is 57.8 Å². The molecule has 27 heavy (non-hydrogen) atoms. The molecule has 3 aromatic rings. The summed E-state index contributed by atoms with van der Waals surface area (Å²) < 4.78 is 5.32. The molecule has 0 spiro atoms. The molecule has 1 fully saturated rings. The first-order chi connectivity index (χ1) is 13.1. The molecule has 1 saturated heterocycles. The Morgan fingerprint density at radius 1 is 1.22 bits per heavy atom. The van der Waals surface area contributed by atoms with Crippen molar-refractivity contribution in [2.45, 2.75) is 18.8 Å². The van der Waals surface area contributed by atoms with Gasteiger partial charge in [0.1, 0.15) is 5.56 Å². The third-order valence-electron chi connectivity index (χ3n) is 5.16. The topological polar surface area (TPSA) is 58.2 Å². The summed E-state index contributed by atoms with van der Waals surface area (Å²) in [7, 11) is 1.49. The van der Waals surface area contributed by atoms with E-state index in [4.69, 9.17) is 27.9 Å². The molecule has 5 nitrogen and oxygen atoms in total. The van der Waals surface area contributed by atoms with E-state index in [1.165, 1.54) is 12.7 Å². The largest absolute Gasteiger partial charge is 0.494 e. The number of methoxy groups -OCH3 is 1. The van der Waals surface area contributed by atoms with E-state index in [0.29, 0.717) is 40.4 Å². The van der Waals surface area contributed by atoms with Crippen LogP contribution in [0.4, 0.5) is 0 Å². The Labute approximate surface area is 167 Å². The third-order valence-corrected chi connectivity index (χ3v) is 5.78. The summed E-state index contributed by atoms with van der Waals surface area (Å²) in [5.41, 5.74) is 3.61. The fraction of sp³-hybridized carbons (Fsp3) is 0.300. The number of benzene rings is 1. The van der Waals surface area contributed by atoms with Crippen molar-refractivity contribution in [3.63, 3.8) is 0 Å². The fourth-order valence-corrected chi connectivity index (χ4v) is 4.23. The van der Waals surface area contributed by atoms with Crippen molar-refractivity contribution >= 4 is 40.1 Å². The van der Waals surface area contributed by atoms with Crippen LogP contribution in [0, 0.1) is 0 Å². The molecule has 140 valence electrons. The van der Waals surface area contributed by atoms with Crippen molar-refractivity contribution in [2.24, 2.45) is 0 Å². The normalized spacial score (nSPS) is 15.3. The van der Waals surface area contributed by atoms with E-state index in [2.05, 4.69) is 9.97 Å². The molecule has 3 heterocycles. The molecule has 1 N–H and O–H groups in total. The molecule has 1 amide bonds. The highest BCUT2D eigenvalue weighted by molar-refractivity contribution is 6.37. The van der Waals surface area contributed by atoms with E-state index >= 15 is 0 Å². The molecule has 4 rings (SSSR count). The van der Waals surface area contributed by atoms with Crippen LogP contribution < -0.4 is 4.74 Å². The molecule has 0 unspecified atom stereocenters. The number of hydrogen-bond donors (Lipinski definition) is 1. The van der Waals surface area contributed by atoms with Gasteiger partial charge in [0.25, 0.3) is 5.91 Å². The number of aromatic nitrogens is 2. The van der Waals surface area contributed by atoms with Crippen LogP contribution >= 0.6 is 23.2 Å². The lowest BCUT2D eigenvalue weighted by atomic mass is 9.90. The highest BCUT2D eigenvalue weighted by Gasteiger charge is 2.29. The molecule has 0 aliphatic carbocycles. The number of piperidine rings is 1. The van der Waals surface area contributed by atoms with Crippen LogP contribution in [0.2, 0.25) is 10.0 Å². The van der Waals surface area contributed by atoms with Crippen molar-refractivity contribution in [2.75, 3.05) is 20.2 Å². The van der Waals surface area contributed by atoms with Crippen LogP contribution in [0.1, 0.15) is 34.7 Å². The van der Waals surface area contributed by atoms with Gasteiger partial charge in [0.2, 0.25) is 0 Å². The Morgan fingerprint density at radius 2 is 1.96 bits per heavy atom. The molecular formula is C20H19Cl2N3O2. The SMILES string of the molecule is COc1c(Cl)ccc(Cl)c1C(=O)N1CCC(c2c[nH]c3cccnc23)CC1. The van der Waals surface area contributed by atoms with Gasteiger partial charge in [-0.05, 0) is 48.6 Å².